The first-order valence-corrected chi connectivity index (χ1v) is 12.8. The fourth-order valence-electron chi connectivity index (χ4n) is 3.99. The van der Waals surface area contributed by atoms with E-state index >= 15 is 0 Å². The molecule has 0 spiro atoms. The van der Waals surface area contributed by atoms with Crippen LogP contribution in [0.5, 0.6) is 0 Å². The number of carbonyl (C=O) groups excluding carboxylic acids is 2. The van der Waals surface area contributed by atoms with Gasteiger partial charge < -0.3 is 10.2 Å². The van der Waals surface area contributed by atoms with E-state index in [4.69, 9.17) is 0 Å². The van der Waals surface area contributed by atoms with Crippen molar-refractivity contribution >= 4 is 33.2 Å². The Balaban J connectivity index is 1.57. The maximum atomic E-state index is 13.2. The first-order valence-electron chi connectivity index (χ1n) is 11.3. The maximum absolute atomic E-state index is 13.2. The molecule has 2 amide bonds. The summed E-state index contributed by atoms with van der Waals surface area (Å²) in [7, 11) is -3.87. The summed E-state index contributed by atoms with van der Waals surface area (Å²) in [4.78, 5) is 28.3. The van der Waals surface area contributed by atoms with Gasteiger partial charge in [0.15, 0.2) is 0 Å². The Bertz CT molecular complexity index is 1270. The van der Waals surface area contributed by atoms with Gasteiger partial charge in [-0.1, -0.05) is 55.3 Å². The van der Waals surface area contributed by atoms with Crippen molar-refractivity contribution in [2.45, 2.75) is 30.6 Å². The molecule has 2 N–H and O–H groups in total. The van der Waals surface area contributed by atoms with Crippen molar-refractivity contribution in [1.82, 2.24) is 4.90 Å². The molecule has 1 fully saturated rings. The van der Waals surface area contributed by atoms with Gasteiger partial charge >= 0.3 is 0 Å². The Hall–Kier alpha value is -3.65. The predicted molar refractivity (Wildman–Crippen MR) is 132 cm³/mol. The largest absolute Gasteiger partial charge is 0.339 e. The summed E-state index contributed by atoms with van der Waals surface area (Å²) >= 11 is 0. The third-order valence-corrected chi connectivity index (χ3v) is 7.15. The maximum Gasteiger partial charge on any atom is 0.261 e. The molecule has 0 saturated carbocycles. The van der Waals surface area contributed by atoms with E-state index in [9.17, 15) is 18.0 Å². The van der Waals surface area contributed by atoms with Gasteiger partial charge in [0, 0.05) is 13.1 Å². The van der Waals surface area contributed by atoms with Crippen LogP contribution in [0.1, 0.15) is 46.4 Å². The van der Waals surface area contributed by atoms with Crippen LogP contribution in [0.15, 0.2) is 83.8 Å². The van der Waals surface area contributed by atoms with E-state index in [1.165, 1.54) is 24.3 Å². The van der Waals surface area contributed by atoms with Crippen LogP contribution in [0.25, 0.3) is 0 Å². The molecule has 0 aliphatic carbocycles. The van der Waals surface area contributed by atoms with Crippen molar-refractivity contribution in [2.24, 2.45) is 0 Å². The number of hydrogen-bond donors (Lipinski definition) is 2. The summed E-state index contributed by atoms with van der Waals surface area (Å²) in [6, 6.07) is 21.2. The highest BCUT2D eigenvalue weighted by molar-refractivity contribution is 7.92. The van der Waals surface area contributed by atoms with Crippen molar-refractivity contribution < 1.29 is 18.0 Å². The predicted octanol–water partition coefficient (Wildman–Crippen LogP) is 4.76. The lowest BCUT2D eigenvalue weighted by molar-refractivity contribution is 0.0762. The molecular formula is C26H27N3O4S. The van der Waals surface area contributed by atoms with Gasteiger partial charge in [-0.15, -0.1) is 0 Å². The number of para-hydroxylation sites is 2. The molecule has 0 bridgehead atoms. The average Bonchev–Trinajstić information content (AvgIpc) is 3.14. The van der Waals surface area contributed by atoms with Crippen LogP contribution in [0.2, 0.25) is 0 Å². The van der Waals surface area contributed by atoms with Gasteiger partial charge in [-0.25, -0.2) is 8.42 Å². The number of sulfonamides is 1. The van der Waals surface area contributed by atoms with Crippen LogP contribution in [-0.4, -0.2) is 38.2 Å². The number of benzene rings is 3. The van der Waals surface area contributed by atoms with Crippen molar-refractivity contribution in [1.29, 1.82) is 0 Å². The molecule has 3 aromatic carbocycles. The quantitative estimate of drug-likeness (QED) is 0.535. The molecule has 0 unspecified atom stereocenters. The Morgan fingerprint density at radius 3 is 1.91 bits per heavy atom. The highest BCUT2D eigenvalue weighted by atomic mass is 32.2. The summed E-state index contributed by atoms with van der Waals surface area (Å²) in [6.07, 6.45) is 4.15. The Labute approximate surface area is 199 Å². The standard InChI is InChI=1S/C26H27N3O4S/c30-25(21-14-6-9-17-24(21)28-34(32,33)20-12-4-3-5-13-20)27-23-16-8-7-15-22(23)26(31)29-18-10-1-2-11-19-29/h3-9,12-17,28H,1-2,10-11,18-19H2,(H,27,30). The van der Waals surface area contributed by atoms with E-state index in [2.05, 4.69) is 10.0 Å². The molecule has 1 saturated heterocycles. The fourth-order valence-corrected chi connectivity index (χ4v) is 5.09. The summed E-state index contributed by atoms with van der Waals surface area (Å²) in [5.74, 6) is -0.627. The number of anilines is 2. The highest BCUT2D eigenvalue weighted by Gasteiger charge is 2.22. The highest BCUT2D eigenvalue weighted by Crippen LogP contribution is 2.24. The fraction of sp³-hybridized carbons (Fsp3) is 0.231. The van der Waals surface area contributed by atoms with E-state index < -0.39 is 15.9 Å². The van der Waals surface area contributed by atoms with Gasteiger partial charge in [-0.3, -0.25) is 14.3 Å². The Morgan fingerprint density at radius 2 is 1.24 bits per heavy atom. The van der Waals surface area contributed by atoms with Crippen molar-refractivity contribution in [3.8, 4) is 0 Å². The normalized spacial score (nSPS) is 14.2. The average molecular weight is 478 g/mol. The van der Waals surface area contributed by atoms with Crippen LogP contribution < -0.4 is 10.0 Å². The lowest BCUT2D eigenvalue weighted by Gasteiger charge is -2.22. The summed E-state index contributed by atoms with van der Waals surface area (Å²) in [5.41, 5.74) is 1.11. The molecule has 1 aliphatic heterocycles. The summed E-state index contributed by atoms with van der Waals surface area (Å²) < 4.78 is 28.1. The second-order valence-electron chi connectivity index (χ2n) is 8.17. The molecular weight excluding hydrogens is 450 g/mol. The molecule has 0 aromatic heterocycles. The second-order valence-corrected chi connectivity index (χ2v) is 9.85. The number of nitrogens with zero attached hydrogens (tertiary/aromatic N) is 1. The van der Waals surface area contributed by atoms with Crippen LogP contribution >= 0.6 is 0 Å². The summed E-state index contributed by atoms with van der Waals surface area (Å²) in [5, 5.41) is 2.81. The van der Waals surface area contributed by atoms with Crippen LogP contribution in [0.4, 0.5) is 11.4 Å². The van der Waals surface area contributed by atoms with Gasteiger partial charge in [0.1, 0.15) is 0 Å². The van der Waals surface area contributed by atoms with Gasteiger partial charge in [0.2, 0.25) is 0 Å². The number of rotatable bonds is 6. The first kappa shape index (κ1) is 23.5. The zero-order valence-electron chi connectivity index (χ0n) is 18.7. The number of amides is 2. The van der Waals surface area contributed by atoms with Crippen molar-refractivity contribution in [2.75, 3.05) is 23.1 Å². The molecule has 0 atom stereocenters. The minimum Gasteiger partial charge on any atom is -0.339 e. The molecule has 1 aliphatic rings. The zero-order chi connectivity index (χ0) is 24.0. The zero-order valence-corrected chi connectivity index (χ0v) is 19.6. The van der Waals surface area contributed by atoms with E-state index in [1.54, 1.807) is 54.6 Å². The van der Waals surface area contributed by atoms with Gasteiger partial charge in [-0.05, 0) is 49.2 Å². The number of nitrogens with one attached hydrogen (secondary N) is 2. The molecule has 8 heteroatoms. The molecule has 4 rings (SSSR count). The topological polar surface area (TPSA) is 95.6 Å². The third-order valence-electron chi connectivity index (χ3n) is 5.77. The lowest BCUT2D eigenvalue weighted by Crippen LogP contribution is -2.32. The van der Waals surface area contributed by atoms with E-state index in [0.29, 0.717) is 24.3 Å². The van der Waals surface area contributed by atoms with Crippen LogP contribution in [0, 0.1) is 0 Å². The molecule has 0 radical (unpaired) electrons. The van der Waals surface area contributed by atoms with Gasteiger partial charge in [0.05, 0.1) is 27.4 Å². The van der Waals surface area contributed by atoms with E-state index in [-0.39, 0.29) is 22.1 Å². The van der Waals surface area contributed by atoms with Gasteiger partial charge in [-0.2, -0.15) is 0 Å². The smallest absolute Gasteiger partial charge is 0.261 e. The van der Waals surface area contributed by atoms with E-state index in [1.807, 2.05) is 4.90 Å². The second kappa shape index (κ2) is 10.5. The molecule has 3 aromatic rings. The third kappa shape index (κ3) is 5.46. The number of likely N-dealkylation sites (tertiary alicyclic amines) is 1. The lowest BCUT2D eigenvalue weighted by atomic mass is 10.1. The van der Waals surface area contributed by atoms with Gasteiger partial charge in [0.25, 0.3) is 21.8 Å². The summed E-state index contributed by atoms with van der Waals surface area (Å²) in [6.45, 7) is 1.40. The van der Waals surface area contributed by atoms with E-state index in [0.717, 1.165) is 25.7 Å². The molecule has 7 nitrogen and oxygen atoms in total. The number of hydrogen-bond acceptors (Lipinski definition) is 4. The van der Waals surface area contributed by atoms with Crippen molar-refractivity contribution in [3.63, 3.8) is 0 Å². The SMILES string of the molecule is O=C(Nc1ccccc1C(=O)N1CCCCCC1)c1ccccc1NS(=O)(=O)c1ccccc1. The molecule has 34 heavy (non-hydrogen) atoms. The number of carbonyl (C=O) groups is 2. The first-order chi connectivity index (χ1) is 16.5. The molecule has 176 valence electrons. The van der Waals surface area contributed by atoms with Crippen molar-refractivity contribution in [3.05, 3.63) is 90.0 Å². The Kier molecular flexibility index (Phi) is 7.27. The molecule has 1 heterocycles. The minimum absolute atomic E-state index is 0.0959. The van der Waals surface area contributed by atoms with Crippen LogP contribution in [0.3, 0.4) is 0 Å². The minimum atomic E-state index is -3.87. The Morgan fingerprint density at radius 1 is 0.676 bits per heavy atom. The van der Waals surface area contributed by atoms with Crippen LogP contribution in [-0.2, 0) is 10.0 Å². The monoisotopic (exact) mass is 477 g/mol.